The summed E-state index contributed by atoms with van der Waals surface area (Å²) in [7, 11) is 3.09. The van der Waals surface area contributed by atoms with Crippen LogP contribution in [0.4, 0.5) is 0 Å². The molecule has 6 heteroatoms. The van der Waals surface area contributed by atoms with Gasteiger partial charge in [0.15, 0.2) is 0 Å². The molecule has 0 radical (unpaired) electrons. The highest BCUT2D eigenvalue weighted by molar-refractivity contribution is 7.18. The smallest absolute Gasteiger partial charge is 0.337 e. The van der Waals surface area contributed by atoms with Crippen molar-refractivity contribution in [3.63, 3.8) is 0 Å². The van der Waals surface area contributed by atoms with Crippen molar-refractivity contribution >= 4 is 33.4 Å². The summed E-state index contributed by atoms with van der Waals surface area (Å²) in [6.45, 7) is 1.96. The second-order valence-electron chi connectivity index (χ2n) is 5.68. The van der Waals surface area contributed by atoms with Crippen molar-refractivity contribution < 1.29 is 14.3 Å². The molecule has 0 unspecified atom stereocenters. The molecular weight excluding hydrogens is 336 g/mol. The van der Waals surface area contributed by atoms with Gasteiger partial charge >= 0.3 is 5.97 Å². The van der Waals surface area contributed by atoms with E-state index in [-0.39, 0.29) is 11.9 Å². The predicted octanol–water partition coefficient (Wildman–Crippen LogP) is 3.92. The highest BCUT2D eigenvalue weighted by atomic mass is 32.1. The molecule has 1 heterocycles. The summed E-state index contributed by atoms with van der Waals surface area (Å²) in [6.07, 6.45) is 0. The van der Waals surface area contributed by atoms with Crippen LogP contribution in [0.25, 0.3) is 10.2 Å². The number of methoxy groups -OCH3 is 1. The van der Waals surface area contributed by atoms with E-state index in [2.05, 4.69) is 9.72 Å². The van der Waals surface area contributed by atoms with Crippen LogP contribution in [0.15, 0.2) is 48.5 Å². The van der Waals surface area contributed by atoms with Gasteiger partial charge in [-0.25, -0.2) is 9.78 Å². The summed E-state index contributed by atoms with van der Waals surface area (Å²) in [4.78, 5) is 30.5. The Balaban J connectivity index is 1.80. The number of para-hydroxylation sites is 1. The Labute approximate surface area is 149 Å². The minimum atomic E-state index is -0.421. The van der Waals surface area contributed by atoms with E-state index in [0.717, 1.165) is 15.2 Å². The first-order chi connectivity index (χ1) is 12.0. The minimum absolute atomic E-state index is 0.122. The molecule has 0 bridgehead atoms. The lowest BCUT2D eigenvalue weighted by Gasteiger charge is -2.23. The highest BCUT2D eigenvalue weighted by Crippen LogP contribution is 2.29. The van der Waals surface area contributed by atoms with E-state index in [4.69, 9.17) is 0 Å². The second kappa shape index (κ2) is 7.03. The number of fused-ring (bicyclic) bond motifs is 1. The van der Waals surface area contributed by atoms with Crippen LogP contribution in [0.3, 0.4) is 0 Å². The van der Waals surface area contributed by atoms with Gasteiger partial charge in [-0.05, 0) is 43.3 Å². The summed E-state index contributed by atoms with van der Waals surface area (Å²) in [5.41, 5.74) is 1.88. The fourth-order valence-electron chi connectivity index (χ4n) is 2.48. The van der Waals surface area contributed by atoms with Crippen LogP contribution < -0.4 is 0 Å². The number of nitrogens with zero attached hydrogens (tertiary/aromatic N) is 2. The van der Waals surface area contributed by atoms with Crippen molar-refractivity contribution in [3.8, 4) is 0 Å². The normalized spacial score (nSPS) is 12.0. The third kappa shape index (κ3) is 3.39. The molecule has 5 nitrogen and oxygen atoms in total. The molecule has 0 aliphatic rings. The summed E-state index contributed by atoms with van der Waals surface area (Å²) in [5, 5.41) is 0.892. The quantitative estimate of drug-likeness (QED) is 0.667. The fraction of sp³-hybridized carbons (Fsp3) is 0.211. The van der Waals surface area contributed by atoms with E-state index >= 15 is 0 Å². The van der Waals surface area contributed by atoms with Gasteiger partial charge in [-0.3, -0.25) is 4.79 Å². The Morgan fingerprint density at radius 1 is 1.08 bits per heavy atom. The third-order valence-corrected chi connectivity index (χ3v) is 5.33. The Morgan fingerprint density at radius 2 is 1.72 bits per heavy atom. The number of amides is 1. The van der Waals surface area contributed by atoms with Crippen molar-refractivity contribution in [2.45, 2.75) is 13.0 Å². The fourth-order valence-corrected chi connectivity index (χ4v) is 3.54. The number of esters is 1. The van der Waals surface area contributed by atoms with E-state index in [1.54, 1.807) is 47.5 Å². The molecule has 0 fully saturated rings. The first-order valence-electron chi connectivity index (χ1n) is 7.82. The molecule has 3 aromatic rings. The maximum Gasteiger partial charge on any atom is 0.337 e. The van der Waals surface area contributed by atoms with Gasteiger partial charge in [-0.1, -0.05) is 12.1 Å². The van der Waals surface area contributed by atoms with Crippen molar-refractivity contribution in [2.24, 2.45) is 0 Å². The summed E-state index contributed by atoms with van der Waals surface area (Å²) < 4.78 is 5.77. The van der Waals surface area contributed by atoms with E-state index in [1.165, 1.54) is 7.11 Å². The van der Waals surface area contributed by atoms with Gasteiger partial charge in [-0.15, -0.1) is 11.3 Å². The lowest BCUT2D eigenvalue weighted by Crippen LogP contribution is -2.29. The first kappa shape index (κ1) is 17.1. The van der Waals surface area contributed by atoms with Crippen LogP contribution in [-0.2, 0) is 4.74 Å². The van der Waals surface area contributed by atoms with Crippen molar-refractivity contribution in [1.82, 2.24) is 9.88 Å². The molecule has 1 atom stereocenters. The molecular formula is C19H18N2O3S. The zero-order valence-electron chi connectivity index (χ0n) is 14.2. The predicted molar refractivity (Wildman–Crippen MR) is 97.9 cm³/mol. The van der Waals surface area contributed by atoms with Gasteiger partial charge in [0.25, 0.3) is 5.91 Å². The van der Waals surface area contributed by atoms with Crippen molar-refractivity contribution in [1.29, 1.82) is 0 Å². The van der Waals surface area contributed by atoms with Gasteiger partial charge in [0.05, 0.1) is 28.9 Å². The number of benzene rings is 2. The number of carbonyl (C=O) groups is 2. The standard InChI is InChI=1S/C19H18N2O3S/c1-12(17-20-15-6-4-5-7-16(15)25-17)21(2)18(22)13-8-10-14(11-9-13)19(23)24-3/h4-12H,1-3H3/t12-/m1/s1. The highest BCUT2D eigenvalue weighted by Gasteiger charge is 2.22. The van der Waals surface area contributed by atoms with E-state index in [9.17, 15) is 9.59 Å². The molecule has 2 aromatic carbocycles. The van der Waals surface area contributed by atoms with Crippen LogP contribution in [0.2, 0.25) is 0 Å². The van der Waals surface area contributed by atoms with Crippen molar-refractivity contribution in [3.05, 3.63) is 64.7 Å². The topological polar surface area (TPSA) is 59.5 Å². The number of ether oxygens (including phenoxy) is 1. The van der Waals surface area contributed by atoms with Crippen LogP contribution in [0, 0.1) is 0 Å². The zero-order chi connectivity index (χ0) is 18.0. The molecule has 1 amide bonds. The van der Waals surface area contributed by atoms with E-state index in [0.29, 0.717) is 11.1 Å². The zero-order valence-corrected chi connectivity index (χ0v) is 15.0. The molecule has 0 N–H and O–H groups in total. The Bertz CT molecular complexity index is 885. The Kier molecular flexibility index (Phi) is 4.81. The minimum Gasteiger partial charge on any atom is -0.465 e. The van der Waals surface area contributed by atoms with E-state index in [1.807, 2.05) is 31.2 Å². The van der Waals surface area contributed by atoms with Gasteiger partial charge in [0, 0.05) is 12.6 Å². The molecule has 0 saturated heterocycles. The van der Waals surface area contributed by atoms with Gasteiger partial charge in [0.1, 0.15) is 5.01 Å². The molecule has 0 aliphatic heterocycles. The average molecular weight is 354 g/mol. The third-order valence-electron chi connectivity index (χ3n) is 4.12. The van der Waals surface area contributed by atoms with Gasteiger partial charge in [-0.2, -0.15) is 0 Å². The number of aromatic nitrogens is 1. The second-order valence-corrected chi connectivity index (χ2v) is 6.74. The van der Waals surface area contributed by atoms with Crippen molar-refractivity contribution in [2.75, 3.05) is 14.2 Å². The average Bonchev–Trinajstić information content (AvgIpc) is 3.10. The van der Waals surface area contributed by atoms with E-state index < -0.39 is 5.97 Å². The number of carbonyl (C=O) groups excluding carboxylic acids is 2. The van der Waals surface area contributed by atoms with Gasteiger partial charge < -0.3 is 9.64 Å². The summed E-state index contributed by atoms with van der Waals surface area (Å²) in [6, 6.07) is 14.2. The van der Waals surface area contributed by atoms with Gasteiger partial charge in [0.2, 0.25) is 0 Å². The van der Waals surface area contributed by atoms with Crippen LogP contribution in [0.1, 0.15) is 38.7 Å². The monoisotopic (exact) mass is 354 g/mol. The Hall–Kier alpha value is -2.73. The summed E-state index contributed by atoms with van der Waals surface area (Å²) >= 11 is 1.59. The SMILES string of the molecule is COC(=O)c1ccc(C(=O)N(C)[C@H](C)c2nc3ccccc3s2)cc1. The maximum atomic E-state index is 12.7. The number of thiazole rings is 1. The Morgan fingerprint density at radius 3 is 2.36 bits per heavy atom. The summed E-state index contributed by atoms with van der Waals surface area (Å²) in [5.74, 6) is -0.543. The lowest BCUT2D eigenvalue weighted by atomic mass is 10.1. The van der Waals surface area contributed by atoms with Crippen LogP contribution in [-0.4, -0.2) is 35.9 Å². The molecule has 0 aliphatic carbocycles. The largest absolute Gasteiger partial charge is 0.465 e. The van der Waals surface area contributed by atoms with Crippen LogP contribution in [0.5, 0.6) is 0 Å². The molecule has 0 saturated carbocycles. The van der Waals surface area contributed by atoms with Crippen LogP contribution >= 0.6 is 11.3 Å². The molecule has 25 heavy (non-hydrogen) atoms. The first-order valence-corrected chi connectivity index (χ1v) is 8.64. The number of rotatable bonds is 4. The number of hydrogen-bond acceptors (Lipinski definition) is 5. The molecule has 0 spiro atoms. The lowest BCUT2D eigenvalue weighted by molar-refractivity contribution is 0.0599. The molecule has 128 valence electrons. The maximum absolute atomic E-state index is 12.7. The molecule has 3 rings (SSSR count). The molecule has 1 aromatic heterocycles. The number of hydrogen-bond donors (Lipinski definition) is 0.